The third kappa shape index (κ3) is 3.55. The van der Waals surface area contributed by atoms with Crippen LogP contribution < -0.4 is 4.90 Å². The molecular weight excluding hydrogens is 310 g/mol. The summed E-state index contributed by atoms with van der Waals surface area (Å²) in [7, 11) is 0. The molecule has 0 radical (unpaired) electrons. The van der Waals surface area contributed by atoms with E-state index in [1.54, 1.807) is 0 Å². The van der Waals surface area contributed by atoms with Gasteiger partial charge in [0.05, 0.1) is 12.2 Å². The molecule has 25 heavy (non-hydrogen) atoms. The van der Waals surface area contributed by atoms with E-state index in [1.165, 1.54) is 12.0 Å². The van der Waals surface area contributed by atoms with E-state index in [0.29, 0.717) is 5.92 Å². The van der Waals surface area contributed by atoms with Gasteiger partial charge in [0, 0.05) is 43.8 Å². The molecule has 1 atom stereocenters. The maximum Gasteiger partial charge on any atom is 0.128 e. The van der Waals surface area contributed by atoms with Crippen molar-refractivity contribution in [1.82, 2.24) is 19.5 Å². The number of hydrogen-bond acceptors (Lipinski definition) is 4. The molecule has 1 saturated heterocycles. The summed E-state index contributed by atoms with van der Waals surface area (Å²) in [6.45, 7) is 4.92. The van der Waals surface area contributed by atoms with Crippen LogP contribution in [0.15, 0.2) is 55.1 Å². The zero-order valence-electron chi connectivity index (χ0n) is 14.5. The average Bonchev–Trinajstić information content (AvgIpc) is 3.11. The molecule has 5 nitrogen and oxygen atoms in total. The summed E-state index contributed by atoms with van der Waals surface area (Å²) < 4.78 is 2.24. The molecule has 0 amide bonds. The van der Waals surface area contributed by atoms with Crippen LogP contribution in [0.1, 0.15) is 35.8 Å². The molecule has 0 unspecified atom stereocenters. The maximum absolute atomic E-state index is 4.67. The molecule has 4 rings (SSSR count). The number of aromatic nitrogens is 4. The Morgan fingerprint density at radius 2 is 2.04 bits per heavy atom. The van der Waals surface area contributed by atoms with Gasteiger partial charge in [0.2, 0.25) is 0 Å². The van der Waals surface area contributed by atoms with E-state index in [1.807, 2.05) is 36.8 Å². The summed E-state index contributed by atoms with van der Waals surface area (Å²) in [6.07, 6.45) is 10.0. The van der Waals surface area contributed by atoms with E-state index in [4.69, 9.17) is 0 Å². The summed E-state index contributed by atoms with van der Waals surface area (Å²) in [5.41, 5.74) is 2.32. The second-order valence-corrected chi connectivity index (χ2v) is 6.71. The molecule has 1 aliphatic heterocycles. The Hall–Kier alpha value is -2.69. The topological polar surface area (TPSA) is 46.8 Å². The first-order valence-corrected chi connectivity index (χ1v) is 8.88. The van der Waals surface area contributed by atoms with Crippen molar-refractivity contribution in [3.63, 3.8) is 0 Å². The number of anilines is 1. The van der Waals surface area contributed by atoms with Gasteiger partial charge in [-0.1, -0.05) is 6.07 Å². The average molecular weight is 333 g/mol. The fourth-order valence-corrected chi connectivity index (χ4v) is 3.57. The third-order valence-electron chi connectivity index (χ3n) is 4.82. The Bertz CT molecular complexity index is 827. The first kappa shape index (κ1) is 15.8. The number of rotatable bonds is 4. The van der Waals surface area contributed by atoms with Crippen LogP contribution in [0, 0.1) is 6.92 Å². The standard InChI is InChI=1S/C20H23N5/c1-16-7-9-22-19(13-16)24-11-4-5-17(14-24)20-23-10-12-25(20)15-18-6-2-3-8-21-18/h2-3,6-10,12-13,17H,4-5,11,14-15H2,1H3/t17-/m0/s1. The number of hydrogen-bond donors (Lipinski definition) is 0. The van der Waals surface area contributed by atoms with Gasteiger partial charge in [0.25, 0.3) is 0 Å². The highest BCUT2D eigenvalue weighted by Crippen LogP contribution is 2.28. The highest BCUT2D eigenvalue weighted by atomic mass is 15.2. The first-order chi connectivity index (χ1) is 12.3. The molecule has 128 valence electrons. The fourth-order valence-electron chi connectivity index (χ4n) is 3.57. The number of imidazole rings is 1. The van der Waals surface area contributed by atoms with Gasteiger partial charge in [-0.15, -0.1) is 0 Å². The molecule has 1 fully saturated rings. The highest BCUT2D eigenvalue weighted by Gasteiger charge is 2.25. The maximum atomic E-state index is 4.67. The predicted molar refractivity (Wildman–Crippen MR) is 98.7 cm³/mol. The molecule has 0 N–H and O–H groups in total. The van der Waals surface area contributed by atoms with E-state index in [-0.39, 0.29) is 0 Å². The Balaban J connectivity index is 1.53. The lowest BCUT2D eigenvalue weighted by Crippen LogP contribution is -2.36. The Morgan fingerprint density at radius 1 is 1.08 bits per heavy atom. The van der Waals surface area contributed by atoms with Crippen LogP contribution >= 0.6 is 0 Å². The minimum atomic E-state index is 0.426. The van der Waals surface area contributed by atoms with Gasteiger partial charge >= 0.3 is 0 Å². The van der Waals surface area contributed by atoms with Crippen LogP contribution in [0.25, 0.3) is 0 Å². The molecule has 0 spiro atoms. The molecule has 0 saturated carbocycles. The third-order valence-corrected chi connectivity index (χ3v) is 4.82. The molecular formula is C20H23N5. The Labute approximate surface area is 148 Å². The monoisotopic (exact) mass is 333 g/mol. The van der Waals surface area contributed by atoms with Crippen LogP contribution in [0.3, 0.4) is 0 Å². The van der Waals surface area contributed by atoms with Crippen molar-refractivity contribution in [3.8, 4) is 0 Å². The zero-order chi connectivity index (χ0) is 17.1. The number of pyridine rings is 2. The van der Waals surface area contributed by atoms with Crippen molar-refractivity contribution in [2.75, 3.05) is 18.0 Å². The summed E-state index contributed by atoms with van der Waals surface area (Å²) in [6, 6.07) is 10.3. The largest absolute Gasteiger partial charge is 0.356 e. The van der Waals surface area contributed by atoms with Crippen molar-refractivity contribution < 1.29 is 0 Å². The number of nitrogens with zero attached hydrogens (tertiary/aromatic N) is 5. The highest BCUT2D eigenvalue weighted by molar-refractivity contribution is 5.41. The van der Waals surface area contributed by atoms with Crippen LogP contribution in [0.2, 0.25) is 0 Å². The smallest absolute Gasteiger partial charge is 0.128 e. The van der Waals surface area contributed by atoms with E-state index in [9.17, 15) is 0 Å². The molecule has 0 bridgehead atoms. The molecule has 0 aliphatic carbocycles. The minimum Gasteiger partial charge on any atom is -0.356 e. The van der Waals surface area contributed by atoms with Crippen LogP contribution in [-0.4, -0.2) is 32.6 Å². The molecule has 0 aromatic carbocycles. The predicted octanol–water partition coefficient (Wildman–Crippen LogP) is 3.41. The van der Waals surface area contributed by atoms with Crippen molar-refractivity contribution in [2.24, 2.45) is 0 Å². The van der Waals surface area contributed by atoms with Crippen molar-refractivity contribution in [1.29, 1.82) is 0 Å². The van der Waals surface area contributed by atoms with Crippen LogP contribution in [0.5, 0.6) is 0 Å². The van der Waals surface area contributed by atoms with Gasteiger partial charge in [-0.05, 0) is 49.6 Å². The van der Waals surface area contributed by atoms with Crippen molar-refractivity contribution >= 4 is 5.82 Å². The lowest BCUT2D eigenvalue weighted by atomic mass is 9.97. The normalized spacial score (nSPS) is 17.6. The van der Waals surface area contributed by atoms with Gasteiger partial charge in [-0.2, -0.15) is 0 Å². The molecule has 3 aromatic rings. The second kappa shape index (κ2) is 7.05. The van der Waals surface area contributed by atoms with E-state index >= 15 is 0 Å². The quantitative estimate of drug-likeness (QED) is 0.734. The summed E-state index contributed by atoms with van der Waals surface area (Å²) in [5.74, 6) is 2.66. The van der Waals surface area contributed by atoms with Crippen LogP contribution in [0.4, 0.5) is 5.82 Å². The fraction of sp³-hybridized carbons (Fsp3) is 0.350. The lowest BCUT2D eigenvalue weighted by molar-refractivity contribution is 0.473. The second-order valence-electron chi connectivity index (χ2n) is 6.71. The van der Waals surface area contributed by atoms with E-state index in [0.717, 1.165) is 43.4 Å². The summed E-state index contributed by atoms with van der Waals surface area (Å²) in [5, 5.41) is 0. The van der Waals surface area contributed by atoms with Crippen LogP contribution in [-0.2, 0) is 6.54 Å². The van der Waals surface area contributed by atoms with Gasteiger partial charge in [0.15, 0.2) is 0 Å². The Morgan fingerprint density at radius 3 is 2.88 bits per heavy atom. The van der Waals surface area contributed by atoms with Gasteiger partial charge < -0.3 is 9.47 Å². The van der Waals surface area contributed by atoms with E-state index < -0.39 is 0 Å². The van der Waals surface area contributed by atoms with E-state index in [2.05, 4.69) is 49.7 Å². The molecule has 4 heterocycles. The molecule has 1 aliphatic rings. The lowest BCUT2D eigenvalue weighted by Gasteiger charge is -2.33. The van der Waals surface area contributed by atoms with Crippen molar-refractivity contribution in [3.05, 3.63) is 72.2 Å². The van der Waals surface area contributed by atoms with Gasteiger partial charge in [-0.25, -0.2) is 9.97 Å². The number of aryl methyl sites for hydroxylation is 1. The molecule has 5 heteroatoms. The number of piperidine rings is 1. The van der Waals surface area contributed by atoms with Gasteiger partial charge in [-0.3, -0.25) is 4.98 Å². The SMILES string of the molecule is Cc1ccnc(N2CCC[C@H](c3nccn3Cc3ccccn3)C2)c1. The summed E-state index contributed by atoms with van der Waals surface area (Å²) >= 11 is 0. The van der Waals surface area contributed by atoms with Gasteiger partial charge in [0.1, 0.15) is 11.6 Å². The summed E-state index contributed by atoms with van der Waals surface area (Å²) in [4.78, 5) is 16.1. The first-order valence-electron chi connectivity index (χ1n) is 8.88. The Kier molecular flexibility index (Phi) is 4.46. The molecule has 3 aromatic heterocycles. The zero-order valence-corrected chi connectivity index (χ0v) is 14.5. The van der Waals surface area contributed by atoms with Crippen molar-refractivity contribution in [2.45, 2.75) is 32.2 Å². The minimum absolute atomic E-state index is 0.426.